The average molecular weight is 243 g/mol. The summed E-state index contributed by atoms with van der Waals surface area (Å²) in [6, 6.07) is 8.18. The van der Waals surface area contributed by atoms with Crippen LogP contribution >= 0.6 is 12.4 Å². The van der Waals surface area contributed by atoms with E-state index in [9.17, 15) is 4.79 Å². The highest BCUT2D eigenvalue weighted by Crippen LogP contribution is 2.09. The van der Waals surface area contributed by atoms with Gasteiger partial charge in [0.2, 0.25) is 5.91 Å². The van der Waals surface area contributed by atoms with Crippen LogP contribution in [0.25, 0.3) is 0 Å². The van der Waals surface area contributed by atoms with Gasteiger partial charge in [-0.3, -0.25) is 4.79 Å². The molecule has 0 aliphatic heterocycles. The fourth-order valence-corrected chi connectivity index (χ4v) is 1.50. The number of halogens is 1. The van der Waals surface area contributed by atoms with E-state index in [-0.39, 0.29) is 24.2 Å². The number of nitrogens with two attached hydrogens (primary N) is 1. The molecule has 90 valence electrons. The Labute approximate surface area is 103 Å². The number of aryl methyl sites for hydroxylation is 1. The van der Waals surface area contributed by atoms with Gasteiger partial charge in [-0.2, -0.15) is 0 Å². The molecular formula is C12H19ClN2O. The van der Waals surface area contributed by atoms with Gasteiger partial charge in [0.05, 0.1) is 5.92 Å². The van der Waals surface area contributed by atoms with Crippen molar-refractivity contribution in [2.75, 3.05) is 13.6 Å². The van der Waals surface area contributed by atoms with Gasteiger partial charge in [0.1, 0.15) is 0 Å². The molecule has 0 radical (unpaired) electrons. The first-order valence-corrected chi connectivity index (χ1v) is 5.14. The van der Waals surface area contributed by atoms with Crippen LogP contribution in [0.15, 0.2) is 24.3 Å². The topological polar surface area (TPSA) is 55.1 Å². The standard InChI is InChI=1S/C12H18N2O.ClH/c1-9-3-5-10(6-4-9)7-11(8-13)12(15)14-2;/h3-6,11H,7-8,13H2,1-2H3,(H,14,15);1H. The fraction of sp³-hybridized carbons (Fsp3) is 0.417. The summed E-state index contributed by atoms with van der Waals surface area (Å²) in [5.74, 6) is -0.115. The summed E-state index contributed by atoms with van der Waals surface area (Å²) in [5, 5.41) is 2.63. The van der Waals surface area contributed by atoms with Gasteiger partial charge >= 0.3 is 0 Å². The quantitative estimate of drug-likeness (QED) is 0.836. The van der Waals surface area contributed by atoms with Crippen LogP contribution in [0.5, 0.6) is 0 Å². The summed E-state index contributed by atoms with van der Waals surface area (Å²) < 4.78 is 0. The highest BCUT2D eigenvalue weighted by atomic mass is 35.5. The molecule has 0 aromatic heterocycles. The van der Waals surface area contributed by atoms with Gasteiger partial charge in [-0.05, 0) is 18.9 Å². The largest absolute Gasteiger partial charge is 0.359 e. The molecule has 3 N–H and O–H groups in total. The lowest BCUT2D eigenvalue weighted by atomic mass is 9.98. The second-order valence-electron chi connectivity index (χ2n) is 3.74. The van der Waals surface area contributed by atoms with Crippen LogP contribution in [0, 0.1) is 12.8 Å². The number of carbonyl (C=O) groups excluding carboxylic acids is 1. The SMILES string of the molecule is CNC(=O)C(CN)Cc1ccc(C)cc1.Cl. The zero-order valence-electron chi connectivity index (χ0n) is 9.69. The summed E-state index contributed by atoms with van der Waals surface area (Å²) in [5.41, 5.74) is 7.94. The summed E-state index contributed by atoms with van der Waals surface area (Å²) in [7, 11) is 1.64. The predicted molar refractivity (Wildman–Crippen MR) is 68.7 cm³/mol. The van der Waals surface area contributed by atoms with Crippen LogP contribution in [0.3, 0.4) is 0 Å². The third-order valence-corrected chi connectivity index (χ3v) is 2.50. The molecule has 1 aromatic carbocycles. The Morgan fingerprint density at radius 3 is 2.38 bits per heavy atom. The highest BCUT2D eigenvalue weighted by molar-refractivity contribution is 5.85. The molecule has 0 fully saturated rings. The average Bonchev–Trinajstić information content (AvgIpc) is 2.27. The number of hydrogen-bond donors (Lipinski definition) is 2. The van der Waals surface area contributed by atoms with E-state index in [2.05, 4.69) is 5.32 Å². The van der Waals surface area contributed by atoms with Gasteiger partial charge in [0, 0.05) is 13.6 Å². The molecule has 0 saturated carbocycles. The molecule has 0 heterocycles. The maximum Gasteiger partial charge on any atom is 0.224 e. The van der Waals surface area contributed by atoms with E-state index < -0.39 is 0 Å². The molecule has 1 unspecified atom stereocenters. The molecule has 1 aromatic rings. The monoisotopic (exact) mass is 242 g/mol. The third kappa shape index (κ3) is 4.21. The van der Waals surface area contributed by atoms with Crippen molar-refractivity contribution in [1.82, 2.24) is 5.32 Å². The Morgan fingerprint density at radius 1 is 1.38 bits per heavy atom. The molecule has 0 spiro atoms. The van der Waals surface area contributed by atoms with Crippen LogP contribution in [-0.2, 0) is 11.2 Å². The van der Waals surface area contributed by atoms with Gasteiger partial charge in [0.25, 0.3) is 0 Å². The third-order valence-electron chi connectivity index (χ3n) is 2.50. The summed E-state index contributed by atoms with van der Waals surface area (Å²) in [6.07, 6.45) is 0.705. The normalized spacial score (nSPS) is 11.4. The Hall–Kier alpha value is -1.06. The van der Waals surface area contributed by atoms with E-state index in [0.29, 0.717) is 13.0 Å². The minimum absolute atomic E-state index is 0. The Morgan fingerprint density at radius 2 is 1.94 bits per heavy atom. The molecule has 1 amide bonds. The van der Waals surface area contributed by atoms with Crippen molar-refractivity contribution in [3.05, 3.63) is 35.4 Å². The van der Waals surface area contributed by atoms with Gasteiger partial charge in [0.15, 0.2) is 0 Å². The van der Waals surface area contributed by atoms with Crippen molar-refractivity contribution in [2.24, 2.45) is 11.7 Å². The van der Waals surface area contributed by atoms with Gasteiger partial charge in [-0.1, -0.05) is 29.8 Å². The summed E-state index contributed by atoms with van der Waals surface area (Å²) in [4.78, 5) is 11.4. The lowest BCUT2D eigenvalue weighted by Gasteiger charge is -2.12. The minimum Gasteiger partial charge on any atom is -0.359 e. The molecule has 3 nitrogen and oxygen atoms in total. The lowest BCUT2D eigenvalue weighted by Crippen LogP contribution is -2.34. The zero-order valence-corrected chi connectivity index (χ0v) is 10.5. The lowest BCUT2D eigenvalue weighted by molar-refractivity contribution is -0.124. The van der Waals surface area contributed by atoms with Crippen molar-refractivity contribution in [2.45, 2.75) is 13.3 Å². The second kappa shape index (κ2) is 7.25. The van der Waals surface area contributed by atoms with Crippen LogP contribution in [-0.4, -0.2) is 19.5 Å². The van der Waals surface area contributed by atoms with Crippen molar-refractivity contribution in [3.8, 4) is 0 Å². The van der Waals surface area contributed by atoms with E-state index in [1.165, 1.54) is 5.56 Å². The number of nitrogens with one attached hydrogen (secondary N) is 1. The van der Waals surface area contributed by atoms with Crippen molar-refractivity contribution in [3.63, 3.8) is 0 Å². The Balaban J connectivity index is 0.00000225. The first kappa shape index (κ1) is 14.9. The maximum atomic E-state index is 11.4. The zero-order chi connectivity index (χ0) is 11.3. The summed E-state index contributed by atoms with van der Waals surface area (Å²) in [6.45, 7) is 2.43. The van der Waals surface area contributed by atoms with E-state index in [0.717, 1.165) is 5.56 Å². The molecule has 16 heavy (non-hydrogen) atoms. The van der Waals surface area contributed by atoms with Gasteiger partial charge in [-0.15, -0.1) is 12.4 Å². The first-order valence-electron chi connectivity index (χ1n) is 5.14. The van der Waals surface area contributed by atoms with Crippen molar-refractivity contribution >= 4 is 18.3 Å². The highest BCUT2D eigenvalue weighted by Gasteiger charge is 2.15. The minimum atomic E-state index is -0.127. The predicted octanol–water partition coefficient (Wildman–Crippen LogP) is 1.28. The number of hydrogen-bond acceptors (Lipinski definition) is 2. The molecule has 1 atom stereocenters. The molecule has 0 bridgehead atoms. The van der Waals surface area contributed by atoms with Crippen LogP contribution < -0.4 is 11.1 Å². The van der Waals surface area contributed by atoms with E-state index in [1.807, 2.05) is 31.2 Å². The van der Waals surface area contributed by atoms with Gasteiger partial charge in [-0.25, -0.2) is 0 Å². The van der Waals surface area contributed by atoms with Crippen molar-refractivity contribution in [1.29, 1.82) is 0 Å². The molecule has 0 saturated heterocycles. The number of benzene rings is 1. The molecular weight excluding hydrogens is 224 g/mol. The fourth-order valence-electron chi connectivity index (χ4n) is 1.50. The second-order valence-corrected chi connectivity index (χ2v) is 3.74. The maximum absolute atomic E-state index is 11.4. The van der Waals surface area contributed by atoms with Crippen molar-refractivity contribution < 1.29 is 4.79 Å². The molecule has 4 heteroatoms. The molecule has 1 rings (SSSR count). The molecule has 0 aliphatic carbocycles. The number of rotatable bonds is 4. The first-order chi connectivity index (χ1) is 7.17. The Kier molecular flexibility index (Phi) is 6.77. The van der Waals surface area contributed by atoms with E-state index >= 15 is 0 Å². The number of amides is 1. The number of carbonyl (C=O) groups is 1. The van der Waals surface area contributed by atoms with E-state index in [4.69, 9.17) is 5.73 Å². The van der Waals surface area contributed by atoms with Gasteiger partial charge < -0.3 is 11.1 Å². The smallest absolute Gasteiger partial charge is 0.224 e. The molecule has 0 aliphatic rings. The van der Waals surface area contributed by atoms with Crippen LogP contribution in [0.4, 0.5) is 0 Å². The van der Waals surface area contributed by atoms with Crippen LogP contribution in [0.1, 0.15) is 11.1 Å². The Bertz CT molecular complexity index is 324. The summed E-state index contributed by atoms with van der Waals surface area (Å²) >= 11 is 0. The van der Waals surface area contributed by atoms with Crippen LogP contribution in [0.2, 0.25) is 0 Å². The van der Waals surface area contributed by atoms with E-state index in [1.54, 1.807) is 7.05 Å².